The number of nitrogen functional groups attached to an aromatic ring is 1. The molecule has 1 heterocycles. The molecule has 0 aromatic heterocycles. The van der Waals surface area contributed by atoms with Gasteiger partial charge in [0.1, 0.15) is 0 Å². The van der Waals surface area contributed by atoms with Crippen LogP contribution in [-0.2, 0) is 10.0 Å². The molecule has 6 heteroatoms. The summed E-state index contributed by atoms with van der Waals surface area (Å²) in [6.45, 7) is 4.11. The van der Waals surface area contributed by atoms with E-state index in [1.54, 1.807) is 26.0 Å². The molecule has 1 aliphatic heterocycles. The van der Waals surface area contributed by atoms with Crippen LogP contribution in [0, 0.1) is 19.8 Å². The minimum absolute atomic E-state index is 0.372. The van der Waals surface area contributed by atoms with Crippen molar-refractivity contribution >= 4 is 27.5 Å². The summed E-state index contributed by atoms with van der Waals surface area (Å²) in [6, 6.07) is 3.41. The average molecular weight is 314 g/mol. The highest BCUT2D eigenvalue weighted by atomic mass is 32.2. The Balaban J connectivity index is 2.14. The summed E-state index contributed by atoms with van der Waals surface area (Å²) in [5.41, 5.74) is 7.75. The normalized spacial score (nSPS) is 17.3. The van der Waals surface area contributed by atoms with Crippen LogP contribution in [0.5, 0.6) is 0 Å². The first-order valence-corrected chi connectivity index (χ1v) is 9.48. The summed E-state index contributed by atoms with van der Waals surface area (Å²) in [5, 5.41) is 0. The molecule has 0 saturated carbocycles. The van der Waals surface area contributed by atoms with Gasteiger partial charge >= 0.3 is 0 Å². The first kappa shape index (κ1) is 15.7. The molecule has 1 aromatic carbocycles. The molecule has 0 bridgehead atoms. The van der Waals surface area contributed by atoms with E-state index >= 15 is 0 Å². The molecule has 0 amide bonds. The van der Waals surface area contributed by atoms with E-state index in [0.717, 1.165) is 24.3 Å². The average Bonchev–Trinajstić information content (AvgIpc) is 2.36. The predicted molar refractivity (Wildman–Crippen MR) is 85.6 cm³/mol. The van der Waals surface area contributed by atoms with Crippen LogP contribution in [0.1, 0.15) is 24.0 Å². The van der Waals surface area contributed by atoms with Gasteiger partial charge in [-0.1, -0.05) is 0 Å². The second kappa shape index (κ2) is 6.37. The van der Waals surface area contributed by atoms with Crippen LogP contribution in [0.4, 0.5) is 5.69 Å². The van der Waals surface area contributed by atoms with Crippen LogP contribution in [0.15, 0.2) is 17.0 Å². The molecule has 3 N–H and O–H groups in total. The van der Waals surface area contributed by atoms with E-state index in [4.69, 9.17) is 5.73 Å². The Hall–Kier alpha value is -0.720. The number of thioether (sulfide) groups is 1. The molecule has 4 nitrogen and oxygen atoms in total. The molecule has 0 radical (unpaired) electrons. The van der Waals surface area contributed by atoms with Gasteiger partial charge in [0.25, 0.3) is 0 Å². The molecule has 0 unspecified atom stereocenters. The Morgan fingerprint density at radius 2 is 1.80 bits per heavy atom. The minimum Gasteiger partial charge on any atom is -0.399 e. The van der Waals surface area contributed by atoms with Crippen molar-refractivity contribution in [1.29, 1.82) is 0 Å². The highest BCUT2D eigenvalue weighted by molar-refractivity contribution is 7.99. The van der Waals surface area contributed by atoms with Gasteiger partial charge in [0.2, 0.25) is 10.0 Å². The first-order chi connectivity index (χ1) is 9.40. The molecule has 0 atom stereocenters. The zero-order chi connectivity index (χ0) is 14.8. The fourth-order valence-corrected chi connectivity index (χ4v) is 5.43. The molecule has 1 aromatic rings. The SMILES string of the molecule is Cc1cc(N)cc(C)c1S(=O)(=O)NCC1CCSCC1. The van der Waals surface area contributed by atoms with E-state index in [2.05, 4.69) is 4.72 Å². The lowest BCUT2D eigenvalue weighted by Gasteiger charge is -2.22. The number of hydrogen-bond donors (Lipinski definition) is 2. The predicted octanol–water partition coefficient (Wildman–Crippen LogP) is 2.31. The number of hydrogen-bond acceptors (Lipinski definition) is 4. The quantitative estimate of drug-likeness (QED) is 0.837. The highest BCUT2D eigenvalue weighted by Crippen LogP contribution is 2.25. The van der Waals surface area contributed by atoms with Crippen molar-refractivity contribution in [2.75, 3.05) is 23.8 Å². The van der Waals surface area contributed by atoms with Crippen molar-refractivity contribution in [3.63, 3.8) is 0 Å². The van der Waals surface area contributed by atoms with Crippen molar-refractivity contribution in [2.45, 2.75) is 31.6 Å². The lowest BCUT2D eigenvalue weighted by Crippen LogP contribution is -2.31. The molecule has 0 aliphatic carbocycles. The second-order valence-corrected chi connectivity index (χ2v) is 8.32. The van der Waals surface area contributed by atoms with E-state index in [-0.39, 0.29) is 0 Å². The van der Waals surface area contributed by atoms with E-state index in [1.807, 2.05) is 11.8 Å². The van der Waals surface area contributed by atoms with Gasteiger partial charge in [0.05, 0.1) is 4.90 Å². The highest BCUT2D eigenvalue weighted by Gasteiger charge is 2.22. The smallest absolute Gasteiger partial charge is 0.241 e. The van der Waals surface area contributed by atoms with Crippen LogP contribution in [0.2, 0.25) is 0 Å². The molecule has 20 heavy (non-hydrogen) atoms. The summed E-state index contributed by atoms with van der Waals surface area (Å²) < 4.78 is 27.7. The molecular weight excluding hydrogens is 292 g/mol. The van der Waals surface area contributed by atoms with E-state index in [9.17, 15) is 8.42 Å². The zero-order valence-corrected chi connectivity index (χ0v) is 13.6. The summed E-state index contributed by atoms with van der Waals surface area (Å²) in [4.78, 5) is 0.372. The van der Waals surface area contributed by atoms with E-state index < -0.39 is 10.0 Å². The zero-order valence-electron chi connectivity index (χ0n) is 12.0. The van der Waals surface area contributed by atoms with Gasteiger partial charge in [0.15, 0.2) is 0 Å². The topological polar surface area (TPSA) is 72.2 Å². The Bertz CT molecular complexity index is 556. The van der Waals surface area contributed by atoms with Gasteiger partial charge in [0, 0.05) is 12.2 Å². The molecule has 0 spiro atoms. The van der Waals surface area contributed by atoms with Crippen LogP contribution < -0.4 is 10.5 Å². The minimum atomic E-state index is -3.45. The van der Waals surface area contributed by atoms with Crippen LogP contribution in [-0.4, -0.2) is 26.5 Å². The summed E-state index contributed by atoms with van der Waals surface area (Å²) in [6.07, 6.45) is 2.18. The summed E-state index contributed by atoms with van der Waals surface area (Å²) in [7, 11) is -3.45. The maximum absolute atomic E-state index is 12.5. The lowest BCUT2D eigenvalue weighted by molar-refractivity contribution is 0.476. The Morgan fingerprint density at radius 1 is 1.25 bits per heavy atom. The third-order valence-corrected chi connectivity index (χ3v) is 6.43. The maximum Gasteiger partial charge on any atom is 0.241 e. The van der Waals surface area contributed by atoms with Crippen molar-refractivity contribution < 1.29 is 8.42 Å². The number of benzene rings is 1. The Labute approximate surface area is 125 Å². The molecule has 112 valence electrons. The third-order valence-electron chi connectivity index (χ3n) is 3.65. The molecule has 1 fully saturated rings. The summed E-state index contributed by atoms with van der Waals surface area (Å²) >= 11 is 1.94. The van der Waals surface area contributed by atoms with Gasteiger partial charge in [-0.15, -0.1) is 0 Å². The number of rotatable bonds is 4. The number of aryl methyl sites for hydroxylation is 2. The largest absolute Gasteiger partial charge is 0.399 e. The maximum atomic E-state index is 12.5. The van der Waals surface area contributed by atoms with E-state index in [1.165, 1.54) is 0 Å². The number of sulfonamides is 1. The lowest BCUT2D eigenvalue weighted by atomic mass is 10.0. The van der Waals surface area contributed by atoms with Gasteiger partial charge in [-0.3, -0.25) is 0 Å². The number of nitrogens with one attached hydrogen (secondary N) is 1. The monoisotopic (exact) mass is 314 g/mol. The van der Waals surface area contributed by atoms with Crippen molar-refractivity contribution in [3.05, 3.63) is 23.3 Å². The standard InChI is InChI=1S/C14H22N2O2S2/c1-10-7-13(15)8-11(2)14(10)20(17,18)16-9-12-3-5-19-6-4-12/h7-8,12,16H,3-6,9,15H2,1-2H3. The molecule has 1 saturated heterocycles. The summed E-state index contributed by atoms with van der Waals surface area (Å²) in [5.74, 6) is 2.72. The molecular formula is C14H22N2O2S2. The van der Waals surface area contributed by atoms with E-state index in [0.29, 0.717) is 34.2 Å². The number of anilines is 1. The van der Waals surface area contributed by atoms with Crippen LogP contribution in [0.25, 0.3) is 0 Å². The second-order valence-electron chi connectivity index (χ2n) is 5.39. The fraction of sp³-hybridized carbons (Fsp3) is 0.571. The fourth-order valence-electron chi connectivity index (χ4n) is 2.66. The van der Waals surface area contributed by atoms with Gasteiger partial charge in [-0.2, -0.15) is 11.8 Å². The first-order valence-electron chi connectivity index (χ1n) is 6.84. The molecule has 1 aliphatic rings. The third kappa shape index (κ3) is 3.68. The van der Waals surface area contributed by atoms with Crippen molar-refractivity contribution in [3.8, 4) is 0 Å². The van der Waals surface area contributed by atoms with Crippen LogP contribution in [0.3, 0.4) is 0 Å². The van der Waals surface area contributed by atoms with Gasteiger partial charge < -0.3 is 5.73 Å². The Morgan fingerprint density at radius 3 is 2.35 bits per heavy atom. The number of nitrogens with two attached hydrogens (primary N) is 1. The van der Waals surface area contributed by atoms with Crippen molar-refractivity contribution in [1.82, 2.24) is 4.72 Å². The van der Waals surface area contributed by atoms with Gasteiger partial charge in [-0.05, 0) is 67.4 Å². The Kier molecular flexibility index (Phi) is 4.99. The molecule has 2 rings (SSSR count). The van der Waals surface area contributed by atoms with Crippen molar-refractivity contribution in [2.24, 2.45) is 5.92 Å². The van der Waals surface area contributed by atoms with Crippen LogP contribution >= 0.6 is 11.8 Å². The van der Waals surface area contributed by atoms with Gasteiger partial charge in [-0.25, -0.2) is 13.1 Å².